The van der Waals surface area contributed by atoms with E-state index in [2.05, 4.69) is 9.72 Å². The zero-order chi connectivity index (χ0) is 12.7. The molecule has 0 saturated carbocycles. The van der Waals surface area contributed by atoms with E-state index >= 15 is 0 Å². The minimum absolute atomic E-state index is 0.0913. The number of rotatable bonds is 6. The Morgan fingerprint density at radius 2 is 2.29 bits per heavy atom. The molecule has 0 saturated heterocycles. The van der Waals surface area contributed by atoms with Gasteiger partial charge in [-0.15, -0.1) is 0 Å². The third-order valence-electron chi connectivity index (χ3n) is 2.13. The smallest absolute Gasteiger partial charge is 0.308 e. The largest absolute Gasteiger partial charge is 0.491 e. The van der Waals surface area contributed by atoms with Crippen molar-refractivity contribution in [2.24, 2.45) is 5.73 Å². The molecular weight excluding hydrogens is 220 g/mol. The van der Waals surface area contributed by atoms with Crippen LogP contribution in [0.1, 0.15) is 19.0 Å². The summed E-state index contributed by atoms with van der Waals surface area (Å²) < 4.78 is 9.85. The summed E-state index contributed by atoms with van der Waals surface area (Å²) in [6, 6.07) is 3.78. The lowest BCUT2D eigenvalue weighted by atomic mass is 10.2. The van der Waals surface area contributed by atoms with Crippen LogP contribution in [-0.2, 0) is 16.0 Å². The second-order valence-corrected chi connectivity index (χ2v) is 3.84. The average Bonchev–Trinajstić information content (AvgIpc) is 2.30. The molecule has 17 heavy (non-hydrogen) atoms. The van der Waals surface area contributed by atoms with E-state index in [1.807, 2.05) is 19.1 Å². The van der Waals surface area contributed by atoms with Crippen LogP contribution in [0.3, 0.4) is 0 Å². The van der Waals surface area contributed by atoms with Crippen LogP contribution >= 0.6 is 0 Å². The molecule has 0 bridgehead atoms. The van der Waals surface area contributed by atoms with Gasteiger partial charge in [-0.3, -0.25) is 9.78 Å². The Morgan fingerprint density at radius 1 is 1.53 bits per heavy atom. The second-order valence-electron chi connectivity index (χ2n) is 3.84. The number of nitrogens with zero attached hydrogens (tertiary/aromatic N) is 1. The highest BCUT2D eigenvalue weighted by molar-refractivity contribution is 5.69. The Morgan fingerprint density at radius 3 is 2.82 bits per heavy atom. The normalized spacial score (nSPS) is 11.9. The van der Waals surface area contributed by atoms with Gasteiger partial charge in [0.15, 0.2) is 0 Å². The first-order chi connectivity index (χ1) is 8.11. The van der Waals surface area contributed by atoms with E-state index in [1.165, 1.54) is 7.11 Å². The molecule has 1 heterocycles. The fourth-order valence-electron chi connectivity index (χ4n) is 1.30. The molecule has 0 spiro atoms. The molecule has 94 valence electrons. The van der Waals surface area contributed by atoms with Crippen LogP contribution in [0, 0.1) is 0 Å². The molecule has 5 nitrogen and oxygen atoms in total. The van der Waals surface area contributed by atoms with Crippen LogP contribution in [0.15, 0.2) is 18.3 Å². The topological polar surface area (TPSA) is 74.4 Å². The van der Waals surface area contributed by atoms with E-state index < -0.39 is 0 Å². The zero-order valence-corrected chi connectivity index (χ0v) is 10.2. The van der Waals surface area contributed by atoms with E-state index in [0.29, 0.717) is 12.4 Å². The van der Waals surface area contributed by atoms with Gasteiger partial charge >= 0.3 is 5.97 Å². The van der Waals surface area contributed by atoms with Gasteiger partial charge in [0.05, 0.1) is 26.3 Å². The van der Waals surface area contributed by atoms with Gasteiger partial charge in [0.2, 0.25) is 0 Å². The first-order valence-corrected chi connectivity index (χ1v) is 5.52. The van der Waals surface area contributed by atoms with Crippen molar-refractivity contribution in [2.45, 2.75) is 25.8 Å². The van der Waals surface area contributed by atoms with Gasteiger partial charge < -0.3 is 15.2 Å². The van der Waals surface area contributed by atoms with Crippen LogP contribution < -0.4 is 10.5 Å². The molecule has 1 aromatic rings. The molecule has 2 N–H and O–H groups in total. The van der Waals surface area contributed by atoms with Crippen molar-refractivity contribution in [1.82, 2.24) is 4.98 Å². The van der Waals surface area contributed by atoms with Crippen molar-refractivity contribution in [3.05, 3.63) is 24.0 Å². The number of carbonyl (C=O) groups excluding carboxylic acids is 1. The van der Waals surface area contributed by atoms with Gasteiger partial charge in [0.1, 0.15) is 5.75 Å². The van der Waals surface area contributed by atoms with Gasteiger partial charge in [0.25, 0.3) is 0 Å². The highest BCUT2D eigenvalue weighted by atomic mass is 16.5. The van der Waals surface area contributed by atoms with E-state index in [-0.39, 0.29) is 18.4 Å². The van der Waals surface area contributed by atoms with Crippen molar-refractivity contribution in [3.8, 4) is 5.75 Å². The maximum atomic E-state index is 10.8. The first kappa shape index (κ1) is 13.4. The molecule has 0 fully saturated rings. The van der Waals surface area contributed by atoms with Crippen LogP contribution in [-0.4, -0.2) is 30.7 Å². The van der Waals surface area contributed by atoms with E-state index in [9.17, 15) is 4.79 Å². The van der Waals surface area contributed by atoms with Crippen LogP contribution in [0.5, 0.6) is 5.75 Å². The van der Waals surface area contributed by atoms with Gasteiger partial charge in [0, 0.05) is 18.2 Å². The Labute approximate surface area is 101 Å². The fraction of sp³-hybridized carbons (Fsp3) is 0.500. The van der Waals surface area contributed by atoms with Crippen molar-refractivity contribution in [2.75, 3.05) is 13.7 Å². The molecule has 0 aliphatic carbocycles. The predicted molar refractivity (Wildman–Crippen MR) is 63.7 cm³/mol. The third kappa shape index (κ3) is 5.31. The lowest BCUT2D eigenvalue weighted by Crippen LogP contribution is -2.18. The van der Waals surface area contributed by atoms with Crippen molar-refractivity contribution in [3.63, 3.8) is 0 Å². The Hall–Kier alpha value is -1.62. The lowest BCUT2D eigenvalue weighted by Gasteiger charge is -2.07. The Bertz CT molecular complexity index is 349. The van der Waals surface area contributed by atoms with E-state index in [0.717, 1.165) is 12.1 Å². The first-order valence-electron chi connectivity index (χ1n) is 5.52. The molecular formula is C12H18N2O3. The number of methoxy groups -OCH3 is 1. The van der Waals surface area contributed by atoms with Crippen molar-refractivity contribution >= 4 is 5.97 Å². The summed E-state index contributed by atoms with van der Waals surface area (Å²) in [6.45, 7) is 2.23. The number of ether oxygens (including phenoxy) is 2. The average molecular weight is 238 g/mol. The summed E-state index contributed by atoms with van der Waals surface area (Å²) in [5.41, 5.74) is 6.60. The van der Waals surface area contributed by atoms with Gasteiger partial charge in [-0.05, 0) is 19.1 Å². The zero-order valence-electron chi connectivity index (χ0n) is 10.2. The molecule has 0 aliphatic heterocycles. The van der Waals surface area contributed by atoms with Crippen molar-refractivity contribution in [1.29, 1.82) is 0 Å². The van der Waals surface area contributed by atoms with Gasteiger partial charge in [-0.2, -0.15) is 0 Å². The summed E-state index contributed by atoms with van der Waals surface area (Å²) in [6.07, 6.45) is 2.61. The second kappa shape index (κ2) is 6.85. The Balaban J connectivity index is 2.37. The SMILES string of the molecule is COC(=O)CCOc1ccc(CC(C)N)nc1. The number of hydrogen-bond donors (Lipinski definition) is 1. The summed E-state index contributed by atoms with van der Waals surface area (Å²) in [7, 11) is 1.35. The molecule has 0 aliphatic rings. The quantitative estimate of drug-likeness (QED) is 0.746. The summed E-state index contributed by atoms with van der Waals surface area (Å²) in [4.78, 5) is 15.1. The third-order valence-corrected chi connectivity index (χ3v) is 2.13. The maximum Gasteiger partial charge on any atom is 0.308 e. The van der Waals surface area contributed by atoms with Gasteiger partial charge in [-0.1, -0.05) is 0 Å². The number of hydrogen-bond acceptors (Lipinski definition) is 5. The number of nitrogens with two attached hydrogens (primary N) is 1. The summed E-state index contributed by atoms with van der Waals surface area (Å²) in [5, 5.41) is 0. The maximum absolute atomic E-state index is 10.8. The molecule has 0 radical (unpaired) electrons. The minimum atomic E-state index is -0.286. The van der Waals surface area contributed by atoms with Crippen LogP contribution in [0.4, 0.5) is 0 Å². The highest BCUT2D eigenvalue weighted by Gasteiger charge is 2.02. The molecule has 0 aromatic carbocycles. The van der Waals surface area contributed by atoms with E-state index in [4.69, 9.17) is 10.5 Å². The van der Waals surface area contributed by atoms with E-state index in [1.54, 1.807) is 6.20 Å². The number of aromatic nitrogens is 1. The molecule has 1 rings (SSSR count). The summed E-state index contributed by atoms with van der Waals surface area (Å²) in [5.74, 6) is 0.355. The van der Waals surface area contributed by atoms with Crippen LogP contribution in [0.2, 0.25) is 0 Å². The monoisotopic (exact) mass is 238 g/mol. The Kier molecular flexibility index (Phi) is 5.42. The number of carbonyl (C=O) groups is 1. The molecule has 0 amide bonds. The molecule has 1 atom stereocenters. The van der Waals surface area contributed by atoms with Gasteiger partial charge in [-0.25, -0.2) is 0 Å². The fourth-order valence-corrected chi connectivity index (χ4v) is 1.30. The van der Waals surface area contributed by atoms with Crippen molar-refractivity contribution < 1.29 is 14.3 Å². The molecule has 5 heteroatoms. The summed E-state index contributed by atoms with van der Waals surface area (Å²) >= 11 is 0. The standard InChI is InChI=1S/C12H18N2O3/c1-9(13)7-10-3-4-11(8-14-10)17-6-5-12(15)16-2/h3-4,8-9H,5-7,13H2,1-2H3. The predicted octanol–water partition coefficient (Wildman–Crippen LogP) is 0.913. The molecule has 1 unspecified atom stereocenters. The lowest BCUT2D eigenvalue weighted by molar-refractivity contribution is -0.141. The minimum Gasteiger partial charge on any atom is -0.491 e. The highest BCUT2D eigenvalue weighted by Crippen LogP contribution is 2.10. The van der Waals surface area contributed by atoms with Crippen LogP contribution in [0.25, 0.3) is 0 Å². The number of esters is 1. The molecule has 1 aromatic heterocycles. The number of pyridine rings is 1.